The highest BCUT2D eigenvalue weighted by molar-refractivity contribution is 5.76. The summed E-state index contributed by atoms with van der Waals surface area (Å²) in [5.41, 5.74) is -0.428. The van der Waals surface area contributed by atoms with Crippen molar-refractivity contribution < 1.29 is 13.6 Å². The van der Waals surface area contributed by atoms with E-state index >= 15 is 0 Å². The van der Waals surface area contributed by atoms with Gasteiger partial charge in [0.05, 0.1) is 0 Å². The van der Waals surface area contributed by atoms with Crippen LogP contribution in [0.15, 0.2) is 40.1 Å². The minimum atomic E-state index is -0.923. The molecule has 144 valence electrons. The number of piperidine rings is 1. The Morgan fingerprint density at radius 3 is 2.78 bits per heavy atom. The number of amides is 1. The predicted molar refractivity (Wildman–Crippen MR) is 94.5 cm³/mol. The summed E-state index contributed by atoms with van der Waals surface area (Å²) in [6, 6.07) is 4.63. The Kier molecular flexibility index (Phi) is 5.50. The highest BCUT2D eigenvalue weighted by Crippen LogP contribution is 2.27. The standard InChI is InChI=1S/C18H20F2N4O3/c1-23-17(26)5-7-24(18(23)27)10-16(25)22-15-9-21-6-4-12(15)11-2-3-13(19)14(20)8-11/h2-3,5,7-8,12,15,21H,4,6,9-10H2,1H3,(H,22,25). The fraction of sp³-hybridized carbons (Fsp3) is 0.389. The molecule has 1 aliphatic rings. The third kappa shape index (κ3) is 4.13. The van der Waals surface area contributed by atoms with E-state index in [-0.39, 0.29) is 18.5 Å². The van der Waals surface area contributed by atoms with Gasteiger partial charge in [0.1, 0.15) is 6.54 Å². The molecule has 0 aliphatic carbocycles. The third-order valence-corrected chi connectivity index (χ3v) is 4.77. The van der Waals surface area contributed by atoms with Gasteiger partial charge in [-0.2, -0.15) is 0 Å². The molecule has 2 unspecified atom stereocenters. The highest BCUT2D eigenvalue weighted by Gasteiger charge is 2.28. The topological polar surface area (TPSA) is 85.1 Å². The molecule has 27 heavy (non-hydrogen) atoms. The van der Waals surface area contributed by atoms with Gasteiger partial charge < -0.3 is 10.6 Å². The van der Waals surface area contributed by atoms with Crippen LogP contribution in [0.1, 0.15) is 17.9 Å². The molecule has 2 atom stereocenters. The number of carbonyl (C=O) groups is 1. The zero-order valence-corrected chi connectivity index (χ0v) is 14.7. The van der Waals surface area contributed by atoms with Crippen LogP contribution in [0.25, 0.3) is 0 Å². The third-order valence-electron chi connectivity index (χ3n) is 4.77. The van der Waals surface area contributed by atoms with Crippen LogP contribution in [0.5, 0.6) is 0 Å². The van der Waals surface area contributed by atoms with Gasteiger partial charge in [-0.1, -0.05) is 6.07 Å². The SMILES string of the molecule is Cn1c(=O)ccn(CC(=O)NC2CNCCC2c2ccc(F)c(F)c2)c1=O. The first-order valence-electron chi connectivity index (χ1n) is 8.58. The van der Waals surface area contributed by atoms with Gasteiger partial charge in [0.15, 0.2) is 11.6 Å². The molecule has 2 N–H and O–H groups in total. The van der Waals surface area contributed by atoms with Crippen LogP contribution < -0.4 is 21.9 Å². The van der Waals surface area contributed by atoms with Crippen molar-refractivity contribution in [3.05, 3.63) is 68.5 Å². The van der Waals surface area contributed by atoms with Crippen molar-refractivity contribution in [1.29, 1.82) is 0 Å². The Morgan fingerprint density at radius 2 is 2.04 bits per heavy atom. The van der Waals surface area contributed by atoms with Crippen molar-refractivity contribution in [1.82, 2.24) is 19.8 Å². The molecule has 0 bridgehead atoms. The lowest BCUT2D eigenvalue weighted by Gasteiger charge is -2.33. The fourth-order valence-electron chi connectivity index (χ4n) is 3.30. The van der Waals surface area contributed by atoms with Crippen LogP contribution in [-0.2, 0) is 18.4 Å². The summed E-state index contributed by atoms with van der Waals surface area (Å²) >= 11 is 0. The van der Waals surface area contributed by atoms with Crippen molar-refractivity contribution >= 4 is 5.91 Å². The summed E-state index contributed by atoms with van der Waals surface area (Å²) in [7, 11) is 1.34. The van der Waals surface area contributed by atoms with Crippen molar-refractivity contribution in [2.24, 2.45) is 7.05 Å². The molecule has 9 heteroatoms. The quantitative estimate of drug-likeness (QED) is 0.790. The molecule has 7 nitrogen and oxygen atoms in total. The first-order chi connectivity index (χ1) is 12.9. The summed E-state index contributed by atoms with van der Waals surface area (Å²) in [5.74, 6) is -2.42. The van der Waals surface area contributed by atoms with E-state index in [1.807, 2.05) is 0 Å². The number of benzene rings is 1. The van der Waals surface area contributed by atoms with E-state index in [0.29, 0.717) is 25.1 Å². The highest BCUT2D eigenvalue weighted by atomic mass is 19.2. The number of aromatic nitrogens is 2. The summed E-state index contributed by atoms with van der Waals surface area (Å²) in [6.07, 6.45) is 1.92. The number of hydrogen-bond acceptors (Lipinski definition) is 4. The van der Waals surface area contributed by atoms with E-state index in [1.54, 1.807) is 0 Å². The second-order valence-electron chi connectivity index (χ2n) is 6.57. The molecule has 1 fully saturated rings. The molecule has 0 saturated carbocycles. The van der Waals surface area contributed by atoms with Crippen LogP contribution in [0.2, 0.25) is 0 Å². The zero-order valence-electron chi connectivity index (χ0n) is 14.7. The summed E-state index contributed by atoms with van der Waals surface area (Å²) in [4.78, 5) is 35.9. The molecule has 1 aromatic heterocycles. The molecule has 2 heterocycles. The monoisotopic (exact) mass is 378 g/mol. The van der Waals surface area contributed by atoms with Crippen molar-refractivity contribution in [2.45, 2.75) is 24.9 Å². The molecule has 0 spiro atoms. The molecule has 0 radical (unpaired) electrons. The molecule has 2 aromatic rings. The maximum atomic E-state index is 13.6. The van der Waals surface area contributed by atoms with E-state index in [2.05, 4.69) is 10.6 Å². The zero-order chi connectivity index (χ0) is 19.6. The minimum absolute atomic E-state index is 0.179. The maximum Gasteiger partial charge on any atom is 0.331 e. The van der Waals surface area contributed by atoms with Gasteiger partial charge in [0.25, 0.3) is 5.56 Å². The van der Waals surface area contributed by atoms with Gasteiger partial charge in [0, 0.05) is 37.8 Å². The summed E-state index contributed by atoms with van der Waals surface area (Å²) in [5, 5.41) is 6.01. The van der Waals surface area contributed by atoms with E-state index < -0.39 is 28.8 Å². The average Bonchev–Trinajstić information content (AvgIpc) is 2.65. The molecule has 1 amide bonds. The van der Waals surface area contributed by atoms with Crippen LogP contribution in [0.4, 0.5) is 8.78 Å². The van der Waals surface area contributed by atoms with Crippen molar-refractivity contribution in [2.75, 3.05) is 13.1 Å². The number of nitrogens with one attached hydrogen (secondary N) is 2. The van der Waals surface area contributed by atoms with E-state index in [0.717, 1.165) is 21.3 Å². The fourth-order valence-corrected chi connectivity index (χ4v) is 3.30. The van der Waals surface area contributed by atoms with E-state index in [1.165, 1.54) is 25.4 Å². The predicted octanol–water partition coefficient (Wildman–Crippen LogP) is 0.0871. The maximum absolute atomic E-state index is 13.6. The van der Waals surface area contributed by atoms with Gasteiger partial charge in [-0.05, 0) is 30.7 Å². The molecule has 3 rings (SSSR count). The van der Waals surface area contributed by atoms with E-state index in [4.69, 9.17) is 0 Å². The smallest absolute Gasteiger partial charge is 0.331 e. The summed E-state index contributed by atoms with van der Waals surface area (Å²) < 4.78 is 28.8. The van der Waals surface area contributed by atoms with Gasteiger partial charge in [-0.25, -0.2) is 13.6 Å². The largest absolute Gasteiger partial charge is 0.350 e. The Balaban J connectivity index is 1.75. The lowest BCUT2D eigenvalue weighted by atomic mass is 9.86. The molecule has 1 aromatic carbocycles. The minimum Gasteiger partial charge on any atom is -0.350 e. The molecule has 1 saturated heterocycles. The van der Waals surface area contributed by atoms with Crippen LogP contribution in [-0.4, -0.2) is 34.2 Å². The number of rotatable bonds is 4. The average molecular weight is 378 g/mol. The van der Waals surface area contributed by atoms with Crippen molar-refractivity contribution in [3.8, 4) is 0 Å². The van der Waals surface area contributed by atoms with Gasteiger partial charge in [-0.15, -0.1) is 0 Å². The Hall–Kier alpha value is -2.81. The number of carbonyl (C=O) groups excluding carboxylic acids is 1. The lowest BCUT2D eigenvalue weighted by molar-refractivity contribution is -0.122. The Bertz CT molecular complexity index is 970. The van der Waals surface area contributed by atoms with Crippen LogP contribution in [0, 0.1) is 11.6 Å². The van der Waals surface area contributed by atoms with Crippen LogP contribution >= 0.6 is 0 Å². The Labute approximate surface area is 153 Å². The van der Waals surface area contributed by atoms with Crippen molar-refractivity contribution in [3.63, 3.8) is 0 Å². The molecule has 1 aliphatic heterocycles. The number of nitrogens with zero attached hydrogens (tertiary/aromatic N) is 2. The number of halogens is 2. The van der Waals surface area contributed by atoms with E-state index in [9.17, 15) is 23.2 Å². The number of hydrogen-bond donors (Lipinski definition) is 2. The first kappa shape index (κ1) is 19.0. The Morgan fingerprint density at radius 1 is 1.26 bits per heavy atom. The molecular weight excluding hydrogens is 358 g/mol. The van der Waals surface area contributed by atoms with Gasteiger partial charge >= 0.3 is 5.69 Å². The van der Waals surface area contributed by atoms with Gasteiger partial charge in [0.2, 0.25) is 5.91 Å². The normalized spacial score (nSPS) is 19.7. The molecular formula is C18H20F2N4O3. The second-order valence-corrected chi connectivity index (χ2v) is 6.57. The summed E-state index contributed by atoms with van der Waals surface area (Å²) in [6.45, 7) is 0.918. The second kappa shape index (κ2) is 7.83. The van der Waals surface area contributed by atoms with Gasteiger partial charge in [-0.3, -0.25) is 18.7 Å². The lowest BCUT2D eigenvalue weighted by Crippen LogP contribution is -2.51. The van der Waals surface area contributed by atoms with Crippen LogP contribution in [0.3, 0.4) is 0 Å². The first-order valence-corrected chi connectivity index (χ1v) is 8.58.